The summed E-state index contributed by atoms with van der Waals surface area (Å²) in [5.74, 6) is 0. The zero-order chi connectivity index (χ0) is 46.9. The summed E-state index contributed by atoms with van der Waals surface area (Å²) in [6, 6.07) is 83.2. The van der Waals surface area contributed by atoms with Gasteiger partial charge in [-0.1, -0.05) is 191 Å². The molecular formula is C68H49NO. The summed E-state index contributed by atoms with van der Waals surface area (Å²) in [6.45, 7) is 9.56. The Balaban J connectivity index is 0.897. The Morgan fingerprint density at radius 1 is 0.300 bits per heavy atom. The van der Waals surface area contributed by atoms with Crippen molar-refractivity contribution in [1.82, 2.24) is 0 Å². The SMILES string of the molecule is CC1(C)c2cc(-c3ccccc3)ccc2-c2ccc(N(c3ccc(-c4cc5ccccc5c5ccccc45)cc3)c3ccc4c(c3)C(C)(C)c3cc(-c5cccc6c5oc5ccccc56)ccc3-4)cc21. The highest BCUT2D eigenvalue weighted by atomic mass is 16.3. The van der Waals surface area contributed by atoms with Crippen molar-refractivity contribution in [3.05, 3.63) is 247 Å². The first-order valence-electron chi connectivity index (χ1n) is 24.6. The van der Waals surface area contributed by atoms with E-state index >= 15 is 0 Å². The van der Waals surface area contributed by atoms with Gasteiger partial charge in [-0.05, 0) is 155 Å². The van der Waals surface area contributed by atoms with Gasteiger partial charge in [0.2, 0.25) is 0 Å². The van der Waals surface area contributed by atoms with Crippen LogP contribution in [0.1, 0.15) is 49.9 Å². The molecule has 332 valence electrons. The molecule has 2 heteroatoms. The molecule has 2 aliphatic rings. The average Bonchev–Trinajstić information content (AvgIpc) is 3.98. The van der Waals surface area contributed by atoms with E-state index < -0.39 is 0 Å². The zero-order valence-corrected chi connectivity index (χ0v) is 39.7. The summed E-state index contributed by atoms with van der Waals surface area (Å²) in [5, 5.41) is 7.37. The molecule has 0 atom stereocenters. The number of hydrogen-bond acceptors (Lipinski definition) is 2. The molecule has 1 aromatic heterocycles. The number of benzene rings is 11. The second kappa shape index (κ2) is 15.0. The van der Waals surface area contributed by atoms with Crippen LogP contribution >= 0.6 is 0 Å². The molecule has 0 fully saturated rings. The van der Waals surface area contributed by atoms with Crippen LogP contribution in [0.2, 0.25) is 0 Å². The summed E-state index contributed by atoms with van der Waals surface area (Å²) < 4.78 is 6.54. The molecule has 0 radical (unpaired) electrons. The lowest BCUT2D eigenvalue weighted by molar-refractivity contribution is 0.660. The van der Waals surface area contributed by atoms with Gasteiger partial charge in [0.25, 0.3) is 0 Å². The van der Waals surface area contributed by atoms with Gasteiger partial charge in [-0.25, -0.2) is 0 Å². The average molecular weight is 896 g/mol. The lowest BCUT2D eigenvalue weighted by Gasteiger charge is -2.30. The van der Waals surface area contributed by atoms with Gasteiger partial charge < -0.3 is 9.32 Å². The van der Waals surface area contributed by atoms with E-state index in [4.69, 9.17) is 4.42 Å². The maximum absolute atomic E-state index is 6.54. The molecule has 2 aliphatic carbocycles. The first-order chi connectivity index (χ1) is 34.2. The van der Waals surface area contributed by atoms with Crippen LogP contribution in [0.4, 0.5) is 17.1 Å². The second-order valence-electron chi connectivity index (χ2n) is 20.5. The minimum atomic E-state index is -0.261. The van der Waals surface area contributed by atoms with E-state index in [1.807, 2.05) is 6.07 Å². The fourth-order valence-electron chi connectivity index (χ4n) is 12.2. The van der Waals surface area contributed by atoms with Crippen molar-refractivity contribution in [1.29, 1.82) is 0 Å². The molecule has 0 bridgehead atoms. The molecule has 0 unspecified atom stereocenters. The van der Waals surface area contributed by atoms with Crippen molar-refractivity contribution in [3.63, 3.8) is 0 Å². The summed E-state index contributed by atoms with van der Waals surface area (Å²) in [5.41, 5.74) is 22.6. The third-order valence-electron chi connectivity index (χ3n) is 15.9. The Kier molecular flexibility index (Phi) is 8.71. The number of fused-ring (bicyclic) bond motifs is 12. The van der Waals surface area contributed by atoms with Crippen molar-refractivity contribution >= 4 is 60.5 Å². The van der Waals surface area contributed by atoms with Gasteiger partial charge in [0, 0.05) is 44.2 Å². The number of nitrogens with zero attached hydrogens (tertiary/aromatic N) is 1. The normalized spacial score (nSPS) is 13.9. The Bertz CT molecular complexity index is 4110. The van der Waals surface area contributed by atoms with Crippen LogP contribution in [-0.4, -0.2) is 0 Å². The Hall–Kier alpha value is -8.46. The summed E-state index contributed by atoms with van der Waals surface area (Å²) in [6.07, 6.45) is 0. The largest absolute Gasteiger partial charge is 0.455 e. The second-order valence-corrected chi connectivity index (χ2v) is 20.5. The van der Waals surface area contributed by atoms with E-state index in [2.05, 4.69) is 251 Å². The minimum absolute atomic E-state index is 0.204. The predicted molar refractivity (Wildman–Crippen MR) is 295 cm³/mol. The van der Waals surface area contributed by atoms with Gasteiger partial charge in [0.05, 0.1) is 0 Å². The van der Waals surface area contributed by atoms with E-state index in [0.717, 1.165) is 44.6 Å². The molecule has 0 amide bonds. The molecule has 70 heavy (non-hydrogen) atoms. The van der Waals surface area contributed by atoms with E-state index in [-0.39, 0.29) is 10.8 Å². The summed E-state index contributed by atoms with van der Waals surface area (Å²) in [4.78, 5) is 2.48. The Morgan fingerprint density at radius 3 is 1.49 bits per heavy atom. The highest BCUT2D eigenvalue weighted by Crippen LogP contribution is 2.54. The molecule has 0 aliphatic heterocycles. The molecule has 2 nitrogen and oxygen atoms in total. The minimum Gasteiger partial charge on any atom is -0.455 e. The van der Waals surface area contributed by atoms with Crippen LogP contribution in [0.3, 0.4) is 0 Å². The van der Waals surface area contributed by atoms with E-state index in [1.165, 1.54) is 93.9 Å². The molecule has 12 aromatic rings. The lowest BCUT2D eigenvalue weighted by atomic mass is 9.81. The molecule has 14 rings (SSSR count). The van der Waals surface area contributed by atoms with Gasteiger partial charge in [-0.15, -0.1) is 0 Å². The van der Waals surface area contributed by atoms with Crippen LogP contribution < -0.4 is 4.90 Å². The van der Waals surface area contributed by atoms with Crippen LogP contribution in [0.15, 0.2) is 229 Å². The van der Waals surface area contributed by atoms with Crippen molar-refractivity contribution in [3.8, 4) is 55.6 Å². The maximum atomic E-state index is 6.54. The Morgan fingerprint density at radius 2 is 0.800 bits per heavy atom. The number of para-hydroxylation sites is 2. The van der Waals surface area contributed by atoms with Gasteiger partial charge in [0.1, 0.15) is 11.2 Å². The highest BCUT2D eigenvalue weighted by Gasteiger charge is 2.38. The fourth-order valence-corrected chi connectivity index (χ4v) is 12.2. The third kappa shape index (κ3) is 5.99. The van der Waals surface area contributed by atoms with Crippen LogP contribution in [-0.2, 0) is 10.8 Å². The van der Waals surface area contributed by atoms with Crippen molar-refractivity contribution in [2.45, 2.75) is 38.5 Å². The van der Waals surface area contributed by atoms with Gasteiger partial charge >= 0.3 is 0 Å². The number of furan rings is 1. The summed E-state index contributed by atoms with van der Waals surface area (Å²) >= 11 is 0. The number of hydrogen-bond donors (Lipinski definition) is 0. The van der Waals surface area contributed by atoms with E-state index in [1.54, 1.807) is 0 Å². The first kappa shape index (κ1) is 40.6. The fraction of sp³-hybridized carbons (Fsp3) is 0.0882. The standard InChI is InChI=1S/C68H49NO/c1-67(2)61-38-44(42-15-6-5-7-16-42)27-33-54(61)56-35-31-48(40-63(56)67)69(47-29-25-43(26-30-47)60-37-45-17-8-9-18-50(45)52-19-10-11-20-53(52)60)49-32-36-57-55-34-28-46(39-62(55)68(3,4)64(57)41-49)51-22-14-23-59-58-21-12-13-24-65(58)70-66(51)59/h5-41H,1-4H3. The van der Waals surface area contributed by atoms with E-state index in [9.17, 15) is 0 Å². The van der Waals surface area contributed by atoms with Gasteiger partial charge in [0.15, 0.2) is 0 Å². The molecule has 0 N–H and O–H groups in total. The smallest absolute Gasteiger partial charge is 0.143 e. The van der Waals surface area contributed by atoms with Gasteiger partial charge in [-0.3, -0.25) is 0 Å². The van der Waals surface area contributed by atoms with Crippen molar-refractivity contribution in [2.75, 3.05) is 4.90 Å². The molecule has 0 spiro atoms. The lowest BCUT2D eigenvalue weighted by Crippen LogP contribution is -2.18. The molecule has 1 heterocycles. The monoisotopic (exact) mass is 895 g/mol. The summed E-state index contributed by atoms with van der Waals surface area (Å²) in [7, 11) is 0. The topological polar surface area (TPSA) is 16.4 Å². The Labute approximate surface area is 408 Å². The number of rotatable bonds is 6. The van der Waals surface area contributed by atoms with Crippen molar-refractivity contribution < 1.29 is 4.42 Å². The van der Waals surface area contributed by atoms with Gasteiger partial charge in [-0.2, -0.15) is 0 Å². The number of anilines is 3. The quantitative estimate of drug-likeness (QED) is 0.155. The first-order valence-corrected chi connectivity index (χ1v) is 24.6. The molecule has 11 aromatic carbocycles. The van der Waals surface area contributed by atoms with E-state index in [0.29, 0.717) is 0 Å². The van der Waals surface area contributed by atoms with Crippen LogP contribution in [0, 0.1) is 0 Å². The molecule has 0 saturated carbocycles. The maximum Gasteiger partial charge on any atom is 0.143 e. The highest BCUT2D eigenvalue weighted by molar-refractivity contribution is 6.14. The van der Waals surface area contributed by atoms with Crippen molar-refractivity contribution in [2.24, 2.45) is 0 Å². The molecular weight excluding hydrogens is 847 g/mol. The predicted octanol–water partition coefficient (Wildman–Crippen LogP) is 19.0. The van der Waals surface area contributed by atoms with Crippen LogP contribution in [0.5, 0.6) is 0 Å². The molecule has 0 saturated heterocycles. The zero-order valence-electron chi connectivity index (χ0n) is 39.7. The van der Waals surface area contributed by atoms with Crippen LogP contribution in [0.25, 0.3) is 99.1 Å². The third-order valence-corrected chi connectivity index (χ3v) is 15.9.